The van der Waals surface area contributed by atoms with Crippen molar-refractivity contribution in [3.63, 3.8) is 0 Å². The molecule has 1 aromatic carbocycles. The van der Waals surface area contributed by atoms with Gasteiger partial charge in [0, 0.05) is 24.5 Å². The van der Waals surface area contributed by atoms with E-state index in [0.29, 0.717) is 11.8 Å². The highest BCUT2D eigenvalue weighted by Crippen LogP contribution is 2.33. The van der Waals surface area contributed by atoms with Gasteiger partial charge in [-0.1, -0.05) is 18.2 Å². The predicted octanol–water partition coefficient (Wildman–Crippen LogP) is 2.63. The molecule has 0 amide bonds. The van der Waals surface area contributed by atoms with Crippen LogP contribution >= 0.6 is 0 Å². The second-order valence-electron chi connectivity index (χ2n) is 5.66. The number of fused-ring (bicyclic) bond motifs is 1. The molecule has 108 valence electrons. The summed E-state index contributed by atoms with van der Waals surface area (Å²) in [7, 11) is 0. The van der Waals surface area contributed by atoms with Crippen LogP contribution in [0.1, 0.15) is 24.5 Å². The van der Waals surface area contributed by atoms with Crippen molar-refractivity contribution in [3.05, 3.63) is 48.0 Å². The first-order chi connectivity index (χ1) is 10.2. The van der Waals surface area contributed by atoms with Gasteiger partial charge in [0.1, 0.15) is 6.33 Å². The summed E-state index contributed by atoms with van der Waals surface area (Å²) in [4.78, 5) is 12.6. The van der Waals surface area contributed by atoms with Crippen molar-refractivity contribution < 1.29 is 0 Å². The minimum atomic E-state index is 0.596. The van der Waals surface area contributed by atoms with E-state index in [1.807, 2.05) is 19.3 Å². The number of rotatable bonds is 3. The Morgan fingerprint density at radius 2 is 2.14 bits per heavy atom. The average Bonchev–Trinajstić information content (AvgIpc) is 2.53. The monoisotopic (exact) mass is 280 g/mol. The highest BCUT2D eigenvalue weighted by atomic mass is 14.8. The summed E-state index contributed by atoms with van der Waals surface area (Å²) < 4.78 is 0. The van der Waals surface area contributed by atoms with Crippen molar-refractivity contribution in [1.82, 2.24) is 9.97 Å². The minimum absolute atomic E-state index is 0.596. The largest absolute Gasteiger partial charge is 0.388 e. The van der Waals surface area contributed by atoms with Crippen LogP contribution in [0.15, 0.2) is 41.9 Å². The fourth-order valence-corrected chi connectivity index (χ4v) is 3.02. The van der Waals surface area contributed by atoms with Crippen LogP contribution in [0.5, 0.6) is 0 Å². The molecule has 1 aliphatic rings. The van der Waals surface area contributed by atoms with Gasteiger partial charge in [-0.15, -0.1) is 0 Å². The van der Waals surface area contributed by atoms with Crippen molar-refractivity contribution in [2.45, 2.75) is 26.2 Å². The molecule has 1 heterocycles. The second-order valence-corrected chi connectivity index (χ2v) is 5.66. The van der Waals surface area contributed by atoms with Gasteiger partial charge in [0.25, 0.3) is 0 Å². The Kier molecular flexibility index (Phi) is 3.95. The van der Waals surface area contributed by atoms with Gasteiger partial charge >= 0.3 is 0 Å². The maximum atomic E-state index is 5.64. The maximum absolute atomic E-state index is 5.64. The smallest absolute Gasteiger partial charge is 0.115 e. The molecule has 21 heavy (non-hydrogen) atoms. The fourth-order valence-electron chi connectivity index (χ4n) is 3.02. The van der Waals surface area contributed by atoms with Gasteiger partial charge in [-0.25, -0.2) is 9.97 Å². The fraction of sp³-hybridized carbons (Fsp3) is 0.353. The number of nitrogens with two attached hydrogens (primary N) is 1. The van der Waals surface area contributed by atoms with Crippen LogP contribution in [-0.2, 0) is 12.8 Å². The molecule has 2 N–H and O–H groups in total. The van der Waals surface area contributed by atoms with Crippen LogP contribution in [0, 0.1) is 5.92 Å². The Labute approximate surface area is 125 Å². The lowest BCUT2D eigenvalue weighted by atomic mass is 9.81. The van der Waals surface area contributed by atoms with Gasteiger partial charge in [-0.3, -0.25) is 4.99 Å². The Hall–Kier alpha value is -2.23. The molecule has 0 aliphatic heterocycles. The molecule has 1 unspecified atom stereocenters. The molecule has 0 bridgehead atoms. The molecule has 0 radical (unpaired) electrons. The van der Waals surface area contributed by atoms with Crippen molar-refractivity contribution in [2.75, 3.05) is 6.54 Å². The number of aromatic nitrogens is 2. The summed E-state index contributed by atoms with van der Waals surface area (Å²) in [6.07, 6.45) is 8.67. The lowest BCUT2D eigenvalue weighted by Gasteiger charge is -2.25. The molecule has 0 fully saturated rings. The second kappa shape index (κ2) is 6.04. The topological polar surface area (TPSA) is 64.2 Å². The average molecular weight is 280 g/mol. The molecule has 4 heteroatoms. The molecule has 1 aromatic heterocycles. The Morgan fingerprint density at radius 3 is 2.90 bits per heavy atom. The van der Waals surface area contributed by atoms with E-state index in [1.54, 1.807) is 6.33 Å². The molecular formula is C17H20N4. The van der Waals surface area contributed by atoms with E-state index in [2.05, 4.69) is 33.2 Å². The summed E-state index contributed by atoms with van der Waals surface area (Å²) >= 11 is 0. The predicted molar refractivity (Wildman–Crippen MR) is 85.1 cm³/mol. The lowest BCUT2D eigenvalue weighted by molar-refractivity contribution is 0.470. The molecular weight excluding hydrogens is 260 g/mol. The van der Waals surface area contributed by atoms with E-state index in [0.717, 1.165) is 31.4 Å². The molecule has 3 rings (SSSR count). The van der Waals surface area contributed by atoms with Crippen molar-refractivity contribution in [2.24, 2.45) is 16.6 Å². The zero-order valence-electron chi connectivity index (χ0n) is 12.3. The van der Waals surface area contributed by atoms with Crippen LogP contribution < -0.4 is 5.73 Å². The van der Waals surface area contributed by atoms with Crippen LogP contribution in [0.4, 0.5) is 0 Å². The molecule has 1 atom stereocenters. The zero-order chi connectivity index (χ0) is 14.7. The Balaban J connectivity index is 1.87. The minimum Gasteiger partial charge on any atom is -0.388 e. The molecule has 0 saturated heterocycles. The highest BCUT2D eigenvalue weighted by Gasteiger charge is 2.21. The van der Waals surface area contributed by atoms with Crippen LogP contribution in [-0.4, -0.2) is 22.3 Å². The van der Waals surface area contributed by atoms with Gasteiger partial charge in [0.2, 0.25) is 0 Å². The number of benzene rings is 1. The van der Waals surface area contributed by atoms with E-state index >= 15 is 0 Å². The summed E-state index contributed by atoms with van der Waals surface area (Å²) in [5.74, 6) is 1.27. The van der Waals surface area contributed by atoms with E-state index in [-0.39, 0.29) is 0 Å². The Bertz CT molecular complexity index is 645. The highest BCUT2D eigenvalue weighted by molar-refractivity contribution is 5.77. The molecule has 2 aromatic rings. The van der Waals surface area contributed by atoms with Crippen molar-refractivity contribution in [3.8, 4) is 11.1 Å². The number of amidine groups is 1. The first-order valence-electron chi connectivity index (χ1n) is 7.36. The Morgan fingerprint density at radius 1 is 1.33 bits per heavy atom. The maximum Gasteiger partial charge on any atom is 0.115 e. The van der Waals surface area contributed by atoms with Crippen molar-refractivity contribution in [1.29, 1.82) is 0 Å². The zero-order valence-corrected chi connectivity index (χ0v) is 12.3. The quantitative estimate of drug-likeness (QED) is 0.694. The van der Waals surface area contributed by atoms with Crippen molar-refractivity contribution >= 4 is 5.84 Å². The third-order valence-corrected chi connectivity index (χ3v) is 4.05. The summed E-state index contributed by atoms with van der Waals surface area (Å²) in [6.45, 7) is 2.69. The standard InChI is InChI=1S/C17H20N4/c1-12(18)21-8-13-5-6-17-14(7-13)3-2-4-16(17)15-9-19-11-20-10-15/h2-4,9-11,13H,5-8H2,1H3,(H2,18,21). The van der Waals surface area contributed by atoms with Crippen LogP contribution in [0.25, 0.3) is 11.1 Å². The van der Waals surface area contributed by atoms with Gasteiger partial charge in [0.15, 0.2) is 0 Å². The van der Waals surface area contributed by atoms with E-state index in [4.69, 9.17) is 5.73 Å². The van der Waals surface area contributed by atoms with Gasteiger partial charge < -0.3 is 5.73 Å². The van der Waals surface area contributed by atoms with Crippen LogP contribution in [0.3, 0.4) is 0 Å². The number of aliphatic imine (C=N–C) groups is 1. The van der Waals surface area contributed by atoms with E-state index in [1.165, 1.54) is 16.7 Å². The third kappa shape index (κ3) is 3.10. The molecule has 4 nitrogen and oxygen atoms in total. The summed E-state index contributed by atoms with van der Waals surface area (Å²) in [5.41, 5.74) is 10.9. The molecule has 1 aliphatic carbocycles. The summed E-state index contributed by atoms with van der Waals surface area (Å²) in [5, 5.41) is 0. The lowest BCUT2D eigenvalue weighted by Crippen LogP contribution is -2.19. The normalized spacial score (nSPS) is 18.3. The van der Waals surface area contributed by atoms with Gasteiger partial charge in [-0.05, 0) is 48.8 Å². The van der Waals surface area contributed by atoms with E-state index < -0.39 is 0 Å². The SMILES string of the molecule is CC(N)=NCC1CCc2c(cccc2-c2cncnc2)C1. The molecule has 0 saturated carbocycles. The summed E-state index contributed by atoms with van der Waals surface area (Å²) in [6, 6.07) is 6.52. The van der Waals surface area contributed by atoms with Gasteiger partial charge in [0.05, 0.1) is 5.84 Å². The van der Waals surface area contributed by atoms with Crippen LogP contribution in [0.2, 0.25) is 0 Å². The molecule has 0 spiro atoms. The van der Waals surface area contributed by atoms with Gasteiger partial charge in [-0.2, -0.15) is 0 Å². The first kappa shape index (κ1) is 13.7. The third-order valence-electron chi connectivity index (χ3n) is 4.05. The number of nitrogens with zero attached hydrogens (tertiary/aromatic N) is 3. The first-order valence-corrected chi connectivity index (χ1v) is 7.36. The number of hydrogen-bond donors (Lipinski definition) is 1. The number of hydrogen-bond acceptors (Lipinski definition) is 3. The van der Waals surface area contributed by atoms with E-state index in [9.17, 15) is 0 Å².